The van der Waals surface area contributed by atoms with Gasteiger partial charge in [-0.15, -0.1) is 0 Å². The van der Waals surface area contributed by atoms with E-state index in [9.17, 15) is 12.6 Å². The Hall–Kier alpha value is -0.0200. The highest BCUT2D eigenvalue weighted by Crippen LogP contribution is 1.71. The fraction of sp³-hybridized carbons (Fsp3) is 1.00. The van der Waals surface area contributed by atoms with Crippen LogP contribution in [0.2, 0.25) is 0 Å². The predicted molar refractivity (Wildman–Crippen MR) is 31.9 cm³/mol. The van der Waals surface area contributed by atoms with Crippen molar-refractivity contribution < 1.29 is 17.2 Å². The lowest BCUT2D eigenvalue weighted by atomic mass is 11.5. The van der Waals surface area contributed by atoms with Gasteiger partial charge in [0.15, 0.2) is 0 Å². The molecule has 0 spiro atoms. The minimum atomic E-state index is -3.68. The van der Waals surface area contributed by atoms with Gasteiger partial charge >= 0.3 is 0 Å². The Morgan fingerprint density at radius 3 is 2.22 bits per heavy atom. The largest absolute Gasteiger partial charge is 0.294 e. The van der Waals surface area contributed by atoms with E-state index in [0.717, 1.165) is 0 Å². The van der Waals surface area contributed by atoms with Gasteiger partial charge < -0.3 is 0 Å². The smallest absolute Gasteiger partial charge is 0.232 e. The molecule has 0 saturated carbocycles. The minimum Gasteiger partial charge on any atom is -0.294 e. The van der Waals surface area contributed by atoms with Crippen molar-refractivity contribution in [3.63, 3.8) is 0 Å². The van der Waals surface area contributed by atoms with Crippen molar-refractivity contribution in [2.24, 2.45) is 5.14 Å². The van der Waals surface area contributed by atoms with E-state index < -0.39 is 27.2 Å². The topological polar surface area (TPSA) is 109 Å². The maximum atomic E-state index is 10.0. The summed E-state index contributed by atoms with van der Waals surface area (Å²) in [5.41, 5.74) is 0. The summed E-state index contributed by atoms with van der Waals surface area (Å²) in [6.45, 7) is 0. The van der Waals surface area contributed by atoms with E-state index in [1.807, 2.05) is 0 Å². The highest BCUT2D eigenvalue weighted by atomic mass is 32.2. The molecule has 0 radical (unpaired) electrons. The number of hydrogen-bond acceptors (Lipinski definition) is 3. The van der Waals surface area contributed by atoms with E-state index >= 15 is 0 Å². The summed E-state index contributed by atoms with van der Waals surface area (Å²) in [5.74, 6) is -0.698. The molecule has 0 fully saturated rings. The monoisotopic (exact) mass is 174 g/mol. The van der Waals surface area contributed by atoms with Crippen LogP contribution in [0.4, 0.5) is 0 Å². The third-order valence-corrected chi connectivity index (χ3v) is 1.50. The van der Waals surface area contributed by atoms with Crippen LogP contribution in [-0.4, -0.2) is 23.1 Å². The summed E-state index contributed by atoms with van der Waals surface area (Å²) in [7, 11) is -3.68. The van der Waals surface area contributed by atoms with Gasteiger partial charge in [-0.1, -0.05) is 0 Å². The van der Waals surface area contributed by atoms with E-state index in [0.29, 0.717) is 0 Å². The van der Waals surface area contributed by atoms with Gasteiger partial charge in [-0.2, -0.15) is 4.72 Å². The first-order valence-electron chi connectivity index (χ1n) is 1.76. The lowest BCUT2D eigenvalue weighted by molar-refractivity contribution is 0.550. The van der Waals surface area contributed by atoms with Crippen molar-refractivity contribution in [2.45, 2.75) is 0 Å². The van der Waals surface area contributed by atoms with Gasteiger partial charge in [-0.25, -0.2) is 17.8 Å². The number of rotatable bonds is 3. The van der Waals surface area contributed by atoms with Crippen molar-refractivity contribution in [1.29, 1.82) is 0 Å². The van der Waals surface area contributed by atoms with Crippen molar-refractivity contribution in [2.75, 3.05) is 5.88 Å². The van der Waals surface area contributed by atoms with Crippen LogP contribution in [-0.2, 0) is 21.3 Å². The summed E-state index contributed by atoms with van der Waals surface area (Å²) < 4.78 is 39.4. The summed E-state index contributed by atoms with van der Waals surface area (Å²) in [6.07, 6.45) is 0. The molecule has 8 heteroatoms. The first-order chi connectivity index (χ1) is 3.92. The van der Waals surface area contributed by atoms with Crippen LogP contribution in [0.25, 0.3) is 0 Å². The van der Waals surface area contributed by atoms with Gasteiger partial charge in [0.1, 0.15) is 5.88 Å². The van der Waals surface area contributed by atoms with Gasteiger partial charge in [-0.05, 0) is 0 Å². The van der Waals surface area contributed by atoms with Gasteiger partial charge in [0.25, 0.3) is 0 Å². The molecule has 0 rings (SSSR count). The van der Waals surface area contributed by atoms with Crippen molar-refractivity contribution in [1.82, 2.24) is 4.72 Å². The highest BCUT2D eigenvalue weighted by Gasteiger charge is 2.01. The van der Waals surface area contributed by atoms with Gasteiger partial charge in [0.05, 0.1) is 0 Å². The molecule has 1 atom stereocenters. The maximum absolute atomic E-state index is 10.0. The summed E-state index contributed by atoms with van der Waals surface area (Å²) in [6, 6.07) is 0. The van der Waals surface area contributed by atoms with Crippen molar-refractivity contribution in [3.05, 3.63) is 0 Å². The van der Waals surface area contributed by atoms with Crippen LogP contribution in [0.15, 0.2) is 0 Å². The lowest BCUT2D eigenvalue weighted by Crippen LogP contribution is -2.29. The van der Waals surface area contributed by atoms with Crippen LogP contribution in [0.3, 0.4) is 0 Å². The van der Waals surface area contributed by atoms with Crippen molar-refractivity contribution in [3.8, 4) is 0 Å². The third-order valence-electron chi connectivity index (χ3n) is 0.384. The van der Waals surface area contributed by atoms with E-state index in [4.69, 9.17) is 4.55 Å². The zero-order chi connectivity index (χ0) is 7.49. The Morgan fingerprint density at radius 1 is 1.67 bits per heavy atom. The standard InChI is InChI=1S/CH6N2O4S2/c2-9(6,7)1-3-8(4)5/h3H,1H2,(H,4,5)(H2,2,6,7). The second-order valence-electron chi connectivity index (χ2n) is 1.20. The molecule has 0 amide bonds. The highest BCUT2D eigenvalue weighted by molar-refractivity contribution is 7.89. The van der Waals surface area contributed by atoms with Crippen LogP contribution in [0, 0.1) is 0 Å². The van der Waals surface area contributed by atoms with E-state index in [2.05, 4.69) is 5.14 Å². The first-order valence-corrected chi connectivity index (χ1v) is 4.59. The summed E-state index contributed by atoms with van der Waals surface area (Å²) in [5, 5.41) is 4.45. The van der Waals surface area contributed by atoms with E-state index in [1.54, 1.807) is 4.72 Å². The van der Waals surface area contributed by atoms with Gasteiger partial charge in [0.2, 0.25) is 21.3 Å². The number of nitrogens with one attached hydrogen (secondary N) is 1. The second-order valence-corrected chi connectivity index (χ2v) is 3.60. The quantitative estimate of drug-likeness (QED) is 0.428. The Bertz CT molecular complexity index is 195. The molecular formula is CH6N2O4S2. The van der Waals surface area contributed by atoms with Crippen LogP contribution in [0.1, 0.15) is 0 Å². The Labute approximate surface area is 54.9 Å². The van der Waals surface area contributed by atoms with E-state index in [1.165, 1.54) is 0 Å². The zero-order valence-corrected chi connectivity index (χ0v) is 5.91. The predicted octanol–water partition coefficient (Wildman–Crippen LogP) is -2.04. The molecule has 0 bridgehead atoms. The number of nitrogens with two attached hydrogens (primary N) is 1. The molecule has 4 N–H and O–H groups in total. The van der Waals surface area contributed by atoms with Gasteiger partial charge in [-0.3, -0.25) is 4.55 Å². The Balaban J connectivity index is 3.67. The lowest BCUT2D eigenvalue weighted by Gasteiger charge is -1.93. The molecule has 9 heavy (non-hydrogen) atoms. The summed E-state index contributed by atoms with van der Waals surface area (Å²) >= 11 is -2.32. The molecule has 0 aromatic carbocycles. The average molecular weight is 174 g/mol. The molecule has 0 heterocycles. The van der Waals surface area contributed by atoms with Crippen LogP contribution in [0.5, 0.6) is 0 Å². The molecule has 56 valence electrons. The summed E-state index contributed by atoms with van der Waals surface area (Å²) in [4.78, 5) is 0. The molecule has 0 aliphatic carbocycles. The molecule has 0 aliphatic rings. The molecule has 0 aliphatic heterocycles. The number of sulfonamides is 1. The molecule has 1 unspecified atom stereocenters. The second kappa shape index (κ2) is 3.22. The molecule has 0 aromatic heterocycles. The van der Waals surface area contributed by atoms with Crippen molar-refractivity contribution >= 4 is 21.3 Å². The number of primary sulfonamides is 1. The Morgan fingerprint density at radius 2 is 2.11 bits per heavy atom. The first kappa shape index (κ1) is 8.98. The fourth-order valence-corrected chi connectivity index (χ4v) is 1.19. The van der Waals surface area contributed by atoms with E-state index in [-0.39, 0.29) is 0 Å². The third kappa shape index (κ3) is 7.98. The van der Waals surface area contributed by atoms with Gasteiger partial charge in [0, 0.05) is 0 Å². The normalized spacial score (nSPS) is 15.3. The molecular weight excluding hydrogens is 168 g/mol. The maximum Gasteiger partial charge on any atom is 0.232 e. The average Bonchev–Trinajstić information content (AvgIpc) is 1.59. The molecule has 6 nitrogen and oxygen atoms in total. The minimum absolute atomic E-state index is 0.698. The number of hydrogen-bond donors (Lipinski definition) is 3. The SMILES string of the molecule is NS(=O)(=O)CNS(=O)O. The fourth-order valence-electron chi connectivity index (χ4n) is 0.133. The van der Waals surface area contributed by atoms with Crippen LogP contribution < -0.4 is 9.86 Å². The molecule has 0 aromatic rings. The van der Waals surface area contributed by atoms with Crippen LogP contribution >= 0.6 is 0 Å². The Kier molecular flexibility index (Phi) is 3.22. The molecule has 0 saturated heterocycles. The zero-order valence-electron chi connectivity index (χ0n) is 4.27.